The number of methoxy groups -OCH3 is 1. The van der Waals surface area contributed by atoms with E-state index in [1.807, 2.05) is 13.8 Å². The number of Topliss-reactive ketones (excluding diaryl/α,β-unsaturated/α-hetero) is 1. The number of carbonyl (C=O) groups is 1. The lowest BCUT2D eigenvalue weighted by Crippen LogP contribution is -2.09. The molecule has 0 spiro atoms. The van der Waals surface area contributed by atoms with Crippen LogP contribution in [0.4, 0.5) is 0 Å². The van der Waals surface area contributed by atoms with Crippen LogP contribution in [0.15, 0.2) is 0 Å². The van der Waals surface area contributed by atoms with E-state index in [0.29, 0.717) is 32.7 Å². The number of hydrogen-bond acceptors (Lipinski definition) is 5. The first kappa shape index (κ1) is 14.3. The molecule has 0 aromatic carbocycles. The van der Waals surface area contributed by atoms with Crippen LogP contribution in [0.5, 0.6) is 0 Å². The summed E-state index contributed by atoms with van der Waals surface area (Å²) in [4.78, 5) is 17.2. The molecule has 0 saturated heterocycles. The number of nitrogens with zero attached hydrogens (tertiary/aromatic N) is 1. The molecule has 5 heteroatoms. The third kappa shape index (κ3) is 5.39. The van der Waals surface area contributed by atoms with E-state index in [2.05, 4.69) is 4.98 Å². The van der Waals surface area contributed by atoms with E-state index in [1.165, 1.54) is 4.88 Å². The summed E-state index contributed by atoms with van der Waals surface area (Å²) in [6.45, 7) is 5.56. The van der Waals surface area contributed by atoms with E-state index >= 15 is 0 Å². The number of rotatable bonds is 8. The molecule has 1 rings (SSSR count). The lowest BCUT2D eigenvalue weighted by atomic mass is 10.2. The van der Waals surface area contributed by atoms with Crippen LogP contribution in [0.25, 0.3) is 0 Å². The van der Waals surface area contributed by atoms with Crippen molar-refractivity contribution in [1.82, 2.24) is 4.98 Å². The van der Waals surface area contributed by atoms with Gasteiger partial charge in [0.1, 0.15) is 10.8 Å². The minimum absolute atomic E-state index is 0.177. The minimum atomic E-state index is 0.177. The molecule has 0 aliphatic rings. The fourth-order valence-electron chi connectivity index (χ4n) is 1.30. The van der Waals surface area contributed by atoms with Gasteiger partial charge in [-0.3, -0.25) is 4.79 Å². The quantitative estimate of drug-likeness (QED) is 0.668. The summed E-state index contributed by atoms with van der Waals surface area (Å²) in [5.74, 6) is 0.177. The highest BCUT2D eigenvalue weighted by molar-refractivity contribution is 7.11. The van der Waals surface area contributed by atoms with E-state index in [0.717, 1.165) is 10.7 Å². The highest BCUT2D eigenvalue weighted by Gasteiger charge is 2.09. The molecule has 0 saturated carbocycles. The maximum atomic E-state index is 11.6. The van der Waals surface area contributed by atoms with Crippen molar-refractivity contribution in [3.63, 3.8) is 0 Å². The van der Waals surface area contributed by atoms with Crippen LogP contribution in [-0.2, 0) is 20.7 Å². The molecule has 0 atom stereocenters. The molecule has 0 amide bonds. The summed E-state index contributed by atoms with van der Waals surface area (Å²) in [7, 11) is 1.63. The van der Waals surface area contributed by atoms with Gasteiger partial charge in [-0.1, -0.05) is 0 Å². The number of ether oxygens (including phenoxy) is 2. The summed E-state index contributed by atoms with van der Waals surface area (Å²) >= 11 is 1.60. The minimum Gasteiger partial charge on any atom is -0.382 e. The van der Waals surface area contributed by atoms with Crippen molar-refractivity contribution in [3.05, 3.63) is 15.6 Å². The molecule has 0 fully saturated rings. The molecule has 1 heterocycles. The zero-order chi connectivity index (χ0) is 12.7. The largest absolute Gasteiger partial charge is 0.382 e. The SMILES string of the molecule is COCCOCCC(=O)Cc1nc(C)c(C)s1. The molecule has 17 heavy (non-hydrogen) atoms. The number of aromatic nitrogens is 1. The van der Waals surface area contributed by atoms with Crippen molar-refractivity contribution in [2.24, 2.45) is 0 Å². The third-order valence-electron chi connectivity index (χ3n) is 2.38. The Morgan fingerprint density at radius 3 is 2.65 bits per heavy atom. The van der Waals surface area contributed by atoms with Gasteiger partial charge in [0, 0.05) is 18.4 Å². The van der Waals surface area contributed by atoms with Gasteiger partial charge in [-0.15, -0.1) is 11.3 Å². The first-order valence-electron chi connectivity index (χ1n) is 5.64. The Morgan fingerprint density at radius 2 is 2.06 bits per heavy atom. The predicted octanol–water partition coefficient (Wildman–Crippen LogP) is 1.92. The van der Waals surface area contributed by atoms with Crippen molar-refractivity contribution >= 4 is 17.1 Å². The highest BCUT2D eigenvalue weighted by atomic mass is 32.1. The Kier molecular flexibility index (Phi) is 6.32. The fraction of sp³-hybridized carbons (Fsp3) is 0.667. The zero-order valence-corrected chi connectivity index (χ0v) is 11.4. The number of carbonyl (C=O) groups excluding carboxylic acids is 1. The van der Waals surface area contributed by atoms with E-state index in [4.69, 9.17) is 9.47 Å². The number of thiazole rings is 1. The molecule has 0 radical (unpaired) electrons. The lowest BCUT2D eigenvalue weighted by molar-refractivity contribution is -0.119. The molecular formula is C12H19NO3S. The monoisotopic (exact) mass is 257 g/mol. The second-order valence-electron chi connectivity index (χ2n) is 3.82. The van der Waals surface area contributed by atoms with Gasteiger partial charge in [-0.25, -0.2) is 4.98 Å². The Hall–Kier alpha value is -0.780. The second-order valence-corrected chi connectivity index (χ2v) is 5.11. The van der Waals surface area contributed by atoms with Gasteiger partial charge in [-0.2, -0.15) is 0 Å². The van der Waals surface area contributed by atoms with E-state index in [-0.39, 0.29) is 5.78 Å². The van der Waals surface area contributed by atoms with Crippen molar-refractivity contribution in [1.29, 1.82) is 0 Å². The average Bonchev–Trinajstić information content (AvgIpc) is 2.57. The molecule has 1 aromatic rings. The molecule has 0 aliphatic heterocycles. The van der Waals surface area contributed by atoms with E-state index in [1.54, 1.807) is 18.4 Å². The van der Waals surface area contributed by atoms with Crippen molar-refractivity contribution in [2.75, 3.05) is 26.9 Å². The van der Waals surface area contributed by atoms with Gasteiger partial charge in [0.05, 0.1) is 31.9 Å². The summed E-state index contributed by atoms with van der Waals surface area (Å²) < 4.78 is 10.1. The Labute approximate surface area is 106 Å². The number of hydrogen-bond donors (Lipinski definition) is 0. The van der Waals surface area contributed by atoms with Gasteiger partial charge in [0.25, 0.3) is 0 Å². The Bertz CT molecular complexity index is 343. The van der Waals surface area contributed by atoms with Crippen LogP contribution in [-0.4, -0.2) is 37.7 Å². The van der Waals surface area contributed by atoms with Gasteiger partial charge in [0.15, 0.2) is 0 Å². The Morgan fingerprint density at radius 1 is 1.29 bits per heavy atom. The van der Waals surface area contributed by atoms with Crippen molar-refractivity contribution in [3.8, 4) is 0 Å². The highest BCUT2D eigenvalue weighted by Crippen LogP contribution is 2.17. The first-order chi connectivity index (χ1) is 8.13. The molecular weight excluding hydrogens is 238 g/mol. The van der Waals surface area contributed by atoms with Crippen molar-refractivity contribution in [2.45, 2.75) is 26.7 Å². The summed E-state index contributed by atoms with van der Waals surface area (Å²) in [5.41, 5.74) is 1.02. The summed E-state index contributed by atoms with van der Waals surface area (Å²) in [5, 5.41) is 0.905. The molecule has 0 unspecified atom stereocenters. The normalized spacial score (nSPS) is 10.8. The predicted molar refractivity (Wildman–Crippen MR) is 67.6 cm³/mol. The standard InChI is InChI=1S/C12H19NO3S/c1-9-10(2)17-12(13-9)8-11(14)4-5-16-7-6-15-3/h4-8H2,1-3H3. The Balaban J connectivity index is 2.21. The van der Waals surface area contributed by atoms with Gasteiger partial charge < -0.3 is 9.47 Å². The van der Waals surface area contributed by atoms with E-state index in [9.17, 15) is 4.79 Å². The molecule has 0 aliphatic carbocycles. The summed E-state index contributed by atoms with van der Waals surface area (Å²) in [6.07, 6.45) is 0.869. The third-order valence-corrected chi connectivity index (χ3v) is 3.45. The number of ketones is 1. The average molecular weight is 257 g/mol. The molecule has 1 aromatic heterocycles. The number of aryl methyl sites for hydroxylation is 2. The second kappa shape index (κ2) is 7.53. The van der Waals surface area contributed by atoms with Gasteiger partial charge in [0.2, 0.25) is 0 Å². The van der Waals surface area contributed by atoms with Crippen LogP contribution in [0.3, 0.4) is 0 Å². The van der Waals surface area contributed by atoms with Crippen LogP contribution < -0.4 is 0 Å². The van der Waals surface area contributed by atoms with Crippen LogP contribution >= 0.6 is 11.3 Å². The van der Waals surface area contributed by atoms with E-state index < -0.39 is 0 Å². The van der Waals surface area contributed by atoms with Crippen LogP contribution in [0.1, 0.15) is 22.0 Å². The van der Waals surface area contributed by atoms with Gasteiger partial charge in [-0.05, 0) is 13.8 Å². The topological polar surface area (TPSA) is 48.4 Å². The maximum absolute atomic E-state index is 11.6. The summed E-state index contributed by atoms with van der Waals surface area (Å²) in [6, 6.07) is 0. The zero-order valence-electron chi connectivity index (χ0n) is 10.6. The maximum Gasteiger partial charge on any atom is 0.141 e. The van der Waals surface area contributed by atoms with Crippen molar-refractivity contribution < 1.29 is 14.3 Å². The fourth-order valence-corrected chi connectivity index (χ4v) is 2.26. The molecule has 0 bridgehead atoms. The molecule has 96 valence electrons. The lowest BCUT2D eigenvalue weighted by Gasteiger charge is -2.02. The van der Waals surface area contributed by atoms with Gasteiger partial charge >= 0.3 is 0 Å². The molecule has 4 nitrogen and oxygen atoms in total. The first-order valence-corrected chi connectivity index (χ1v) is 6.46. The smallest absolute Gasteiger partial charge is 0.141 e. The van der Waals surface area contributed by atoms with Crippen LogP contribution in [0, 0.1) is 13.8 Å². The molecule has 0 N–H and O–H groups in total. The van der Waals surface area contributed by atoms with Crippen LogP contribution in [0.2, 0.25) is 0 Å².